The molecular formula is C22H28ClNO4. The summed E-state index contributed by atoms with van der Waals surface area (Å²) in [6.45, 7) is 0.814. The molecule has 0 saturated heterocycles. The zero-order valence-electron chi connectivity index (χ0n) is 16.1. The molecule has 5 rings (SSSR count). The summed E-state index contributed by atoms with van der Waals surface area (Å²) < 4.78 is 10.7. The van der Waals surface area contributed by atoms with E-state index in [0.717, 1.165) is 37.0 Å². The van der Waals surface area contributed by atoms with Crippen LogP contribution in [0.3, 0.4) is 0 Å². The minimum absolute atomic E-state index is 0.158. The summed E-state index contributed by atoms with van der Waals surface area (Å²) in [4.78, 5) is 24.7. The lowest BCUT2D eigenvalue weighted by molar-refractivity contribution is -0.147. The van der Waals surface area contributed by atoms with Crippen molar-refractivity contribution in [1.29, 1.82) is 0 Å². The average molecular weight is 406 g/mol. The van der Waals surface area contributed by atoms with Gasteiger partial charge in [-0.1, -0.05) is 11.6 Å². The molecule has 1 aromatic carbocycles. The molecule has 1 aromatic rings. The molecule has 0 unspecified atom stereocenters. The average Bonchev–Trinajstić information content (AvgIpc) is 2.65. The Morgan fingerprint density at radius 2 is 1.61 bits per heavy atom. The molecule has 6 heteroatoms. The molecule has 4 aliphatic carbocycles. The van der Waals surface area contributed by atoms with Gasteiger partial charge in [0.15, 0.2) is 0 Å². The third-order valence-electron chi connectivity index (χ3n) is 6.56. The fourth-order valence-electron chi connectivity index (χ4n) is 5.77. The Kier molecular flexibility index (Phi) is 5.81. The molecule has 28 heavy (non-hydrogen) atoms. The van der Waals surface area contributed by atoms with Gasteiger partial charge in [0.25, 0.3) is 0 Å². The molecule has 0 atom stereocenters. The molecule has 4 bridgehead atoms. The van der Waals surface area contributed by atoms with Gasteiger partial charge in [-0.15, -0.1) is 0 Å². The molecule has 4 aliphatic rings. The van der Waals surface area contributed by atoms with E-state index in [4.69, 9.17) is 21.1 Å². The summed E-state index contributed by atoms with van der Waals surface area (Å²) in [5.74, 6) is 2.74. The van der Waals surface area contributed by atoms with Crippen LogP contribution in [0, 0.1) is 23.2 Å². The maximum atomic E-state index is 12.8. The van der Waals surface area contributed by atoms with Crippen LogP contribution in [0.5, 0.6) is 5.75 Å². The predicted molar refractivity (Wildman–Crippen MR) is 106 cm³/mol. The molecule has 0 aliphatic heterocycles. The maximum Gasteiger partial charge on any atom is 0.307 e. The maximum absolute atomic E-state index is 12.8. The number of hydrogen-bond acceptors (Lipinski definition) is 4. The van der Waals surface area contributed by atoms with E-state index in [1.807, 2.05) is 0 Å². The van der Waals surface area contributed by atoms with E-state index in [9.17, 15) is 9.59 Å². The molecule has 0 heterocycles. The smallest absolute Gasteiger partial charge is 0.307 e. The van der Waals surface area contributed by atoms with E-state index in [0.29, 0.717) is 17.3 Å². The molecule has 5 nitrogen and oxygen atoms in total. The van der Waals surface area contributed by atoms with Crippen molar-refractivity contribution in [3.05, 3.63) is 29.3 Å². The topological polar surface area (TPSA) is 64.6 Å². The minimum atomic E-state index is -0.314. The Labute approximate surface area is 171 Å². The van der Waals surface area contributed by atoms with Crippen LogP contribution in [0.15, 0.2) is 24.3 Å². The van der Waals surface area contributed by atoms with E-state index in [2.05, 4.69) is 5.32 Å². The van der Waals surface area contributed by atoms with Gasteiger partial charge in [-0.3, -0.25) is 9.59 Å². The van der Waals surface area contributed by atoms with Crippen LogP contribution in [0.2, 0.25) is 5.02 Å². The molecule has 0 spiro atoms. The van der Waals surface area contributed by atoms with Gasteiger partial charge < -0.3 is 14.8 Å². The van der Waals surface area contributed by atoms with Crippen molar-refractivity contribution in [2.45, 2.75) is 44.9 Å². The van der Waals surface area contributed by atoms with Crippen molar-refractivity contribution in [3.8, 4) is 5.75 Å². The largest absolute Gasteiger partial charge is 0.490 e. The molecule has 152 valence electrons. The predicted octanol–water partition coefficient (Wildman–Crippen LogP) is 3.98. The second-order valence-electron chi connectivity index (χ2n) is 8.73. The number of carbonyl (C=O) groups excluding carboxylic acids is 2. The number of rotatable bonds is 8. The van der Waals surface area contributed by atoms with Crippen LogP contribution in [0.25, 0.3) is 0 Å². The number of nitrogens with one attached hydrogen (secondary N) is 1. The lowest BCUT2D eigenvalue weighted by Crippen LogP contribution is -2.53. The van der Waals surface area contributed by atoms with Gasteiger partial charge in [-0.25, -0.2) is 0 Å². The van der Waals surface area contributed by atoms with Crippen LogP contribution in [-0.4, -0.2) is 31.6 Å². The van der Waals surface area contributed by atoms with Crippen LogP contribution in [-0.2, 0) is 14.3 Å². The highest BCUT2D eigenvalue weighted by atomic mass is 35.5. The van der Waals surface area contributed by atoms with Gasteiger partial charge in [0, 0.05) is 17.0 Å². The highest BCUT2D eigenvalue weighted by molar-refractivity contribution is 6.30. The monoisotopic (exact) mass is 405 g/mol. The van der Waals surface area contributed by atoms with E-state index in [1.165, 1.54) is 19.3 Å². The van der Waals surface area contributed by atoms with Crippen molar-refractivity contribution in [3.63, 3.8) is 0 Å². The zero-order valence-corrected chi connectivity index (χ0v) is 16.9. The summed E-state index contributed by atoms with van der Waals surface area (Å²) in [6, 6.07) is 7.03. The highest BCUT2D eigenvalue weighted by Crippen LogP contribution is 2.60. The van der Waals surface area contributed by atoms with E-state index >= 15 is 0 Å². The Morgan fingerprint density at radius 3 is 2.21 bits per heavy atom. The quantitative estimate of drug-likeness (QED) is 0.524. The van der Waals surface area contributed by atoms with Crippen molar-refractivity contribution < 1.29 is 19.1 Å². The Morgan fingerprint density at radius 1 is 1.00 bits per heavy atom. The fourth-order valence-corrected chi connectivity index (χ4v) is 5.90. The first-order valence-corrected chi connectivity index (χ1v) is 10.7. The molecule has 0 radical (unpaired) electrons. The van der Waals surface area contributed by atoms with Gasteiger partial charge >= 0.3 is 5.97 Å². The number of halogens is 1. The molecular weight excluding hydrogens is 378 g/mol. The van der Waals surface area contributed by atoms with E-state index < -0.39 is 0 Å². The second-order valence-corrected chi connectivity index (χ2v) is 9.16. The number of carbonyl (C=O) groups is 2. The SMILES string of the molecule is O=C(CCNC(=O)C12CC3CC(CC(C3)C1)C2)OCCOc1ccc(Cl)cc1. The first-order valence-electron chi connectivity index (χ1n) is 10.3. The van der Waals surface area contributed by atoms with Crippen LogP contribution < -0.4 is 10.1 Å². The van der Waals surface area contributed by atoms with Crippen molar-refractivity contribution >= 4 is 23.5 Å². The van der Waals surface area contributed by atoms with Gasteiger partial charge in [0.05, 0.1) is 6.42 Å². The number of amides is 1. The molecule has 4 saturated carbocycles. The van der Waals surface area contributed by atoms with Gasteiger partial charge in [0.1, 0.15) is 19.0 Å². The number of ether oxygens (including phenoxy) is 2. The Hall–Kier alpha value is -1.75. The van der Waals surface area contributed by atoms with Crippen LogP contribution in [0.1, 0.15) is 44.9 Å². The number of esters is 1. The molecule has 1 N–H and O–H groups in total. The first kappa shape index (κ1) is 19.6. The van der Waals surface area contributed by atoms with Crippen LogP contribution in [0.4, 0.5) is 0 Å². The van der Waals surface area contributed by atoms with Gasteiger partial charge in [-0.2, -0.15) is 0 Å². The van der Waals surface area contributed by atoms with E-state index in [-0.39, 0.29) is 36.9 Å². The fraction of sp³-hybridized carbons (Fsp3) is 0.636. The summed E-state index contributed by atoms with van der Waals surface area (Å²) in [6.07, 6.45) is 7.26. The molecule has 1 amide bonds. The Balaban J connectivity index is 1.13. The van der Waals surface area contributed by atoms with Crippen molar-refractivity contribution in [2.24, 2.45) is 23.2 Å². The summed E-state index contributed by atoms with van der Waals surface area (Å²) >= 11 is 5.82. The summed E-state index contributed by atoms with van der Waals surface area (Å²) in [5, 5.41) is 3.66. The third-order valence-corrected chi connectivity index (χ3v) is 6.82. The minimum Gasteiger partial charge on any atom is -0.490 e. The first-order chi connectivity index (χ1) is 13.5. The number of benzene rings is 1. The summed E-state index contributed by atoms with van der Waals surface area (Å²) in [7, 11) is 0. The van der Waals surface area contributed by atoms with Crippen molar-refractivity contribution in [2.75, 3.05) is 19.8 Å². The second kappa shape index (κ2) is 8.32. The number of hydrogen-bond donors (Lipinski definition) is 1. The van der Waals surface area contributed by atoms with Gasteiger partial charge in [-0.05, 0) is 80.5 Å². The van der Waals surface area contributed by atoms with Gasteiger partial charge in [0.2, 0.25) is 5.91 Å². The normalized spacial score (nSPS) is 30.1. The lowest BCUT2D eigenvalue weighted by atomic mass is 9.49. The zero-order chi connectivity index (χ0) is 19.6. The summed E-state index contributed by atoms with van der Waals surface area (Å²) in [5.41, 5.74) is -0.162. The van der Waals surface area contributed by atoms with Crippen molar-refractivity contribution in [1.82, 2.24) is 5.32 Å². The lowest BCUT2D eigenvalue weighted by Gasteiger charge is -2.55. The molecule has 0 aromatic heterocycles. The van der Waals surface area contributed by atoms with Crippen LogP contribution >= 0.6 is 11.6 Å². The third kappa shape index (κ3) is 4.45. The van der Waals surface area contributed by atoms with E-state index in [1.54, 1.807) is 24.3 Å². The standard InChI is InChI=1S/C22H28ClNO4/c23-18-1-3-19(4-2-18)27-7-8-28-20(25)5-6-24-21(26)22-12-15-9-16(13-22)11-17(10-15)14-22/h1-4,15-17H,5-14H2,(H,24,26). The molecule has 4 fully saturated rings. The Bertz CT molecular complexity index is 682. The highest BCUT2D eigenvalue weighted by Gasteiger charge is 2.54.